The molecular weight excluding hydrogens is 591 g/mol. The molecule has 254 valence electrons. The van der Waals surface area contributed by atoms with E-state index in [9.17, 15) is 27.1 Å². The summed E-state index contributed by atoms with van der Waals surface area (Å²) in [7, 11) is 1.86. The number of thioether (sulfide) groups is 1. The lowest BCUT2D eigenvalue weighted by Gasteiger charge is -2.59. The molecule has 0 aromatic carbocycles. The molecule has 0 amide bonds. The molecule has 0 heterocycles. The molecule has 4 saturated carbocycles. The van der Waals surface area contributed by atoms with Crippen LogP contribution in [0.3, 0.4) is 0 Å². The Morgan fingerprint density at radius 3 is 2.16 bits per heavy atom. The van der Waals surface area contributed by atoms with Crippen LogP contribution in [0.25, 0.3) is 0 Å². The number of ether oxygens (including phenoxy) is 1. The monoisotopic (exact) mass is 648 g/mol. The molecule has 0 bridgehead atoms. The maximum absolute atomic E-state index is 12.6. The molecule has 1 spiro atoms. The Kier molecular flexibility index (Phi) is 11.9. The first kappa shape index (κ1) is 36.1. The van der Waals surface area contributed by atoms with Gasteiger partial charge in [0.25, 0.3) is 0 Å². The van der Waals surface area contributed by atoms with E-state index in [2.05, 4.69) is 20.8 Å². The van der Waals surface area contributed by atoms with Crippen molar-refractivity contribution in [2.75, 3.05) is 18.6 Å². The number of halogens is 5. The number of unbranched alkanes of at least 4 members (excludes halogenated alkanes) is 6. The predicted octanol–water partition coefficient (Wildman–Crippen LogP) is 11.9. The average molecular weight is 649 g/mol. The zero-order valence-electron chi connectivity index (χ0n) is 27.6. The number of methoxy groups -OCH3 is 1. The quantitative estimate of drug-likeness (QED) is 0.159. The van der Waals surface area contributed by atoms with Crippen LogP contribution in [0.5, 0.6) is 0 Å². The molecule has 0 aromatic heterocycles. The Hall–Kier alpha value is -0.760. The number of fused-ring (bicyclic) bond motifs is 6. The van der Waals surface area contributed by atoms with Crippen molar-refractivity contribution in [3.05, 3.63) is 23.5 Å². The normalized spacial score (nSPS) is 33.8. The van der Waals surface area contributed by atoms with Gasteiger partial charge in [-0.1, -0.05) is 59.3 Å². The van der Waals surface area contributed by atoms with E-state index in [1.807, 2.05) is 19.3 Å². The maximum Gasteiger partial charge on any atom is 0.453 e. The van der Waals surface area contributed by atoms with Crippen LogP contribution in [0.15, 0.2) is 23.5 Å². The SMILES string of the molecule is CCCCCCCCCSCCCC(F)(F)C(F)(F)F.COC1CC2C(CCC3(C)C2CCC32CC2)C2(C)CC=C(O)C=C12. The van der Waals surface area contributed by atoms with Gasteiger partial charge in [0, 0.05) is 13.5 Å². The van der Waals surface area contributed by atoms with Crippen LogP contribution in [0.2, 0.25) is 0 Å². The molecule has 1 N–H and O–H groups in total. The van der Waals surface area contributed by atoms with Crippen LogP contribution in [0.4, 0.5) is 22.0 Å². The van der Waals surface area contributed by atoms with Crippen molar-refractivity contribution < 1.29 is 31.8 Å². The van der Waals surface area contributed by atoms with Gasteiger partial charge in [-0.15, -0.1) is 0 Å². The molecule has 0 saturated heterocycles. The zero-order chi connectivity index (χ0) is 32.2. The smallest absolute Gasteiger partial charge is 0.453 e. The Balaban J connectivity index is 0.000000206. The third-order valence-electron chi connectivity index (χ3n) is 12.5. The molecule has 44 heavy (non-hydrogen) atoms. The van der Waals surface area contributed by atoms with E-state index >= 15 is 0 Å². The molecule has 5 aliphatic carbocycles. The largest absolute Gasteiger partial charge is 0.508 e. The topological polar surface area (TPSA) is 29.5 Å². The molecular formula is C36H57F5O2S. The summed E-state index contributed by atoms with van der Waals surface area (Å²) in [5.74, 6) is -0.383. The summed E-state index contributed by atoms with van der Waals surface area (Å²) in [6.45, 7) is 7.25. The summed E-state index contributed by atoms with van der Waals surface area (Å²) in [5, 5.41) is 10.1. The van der Waals surface area contributed by atoms with Gasteiger partial charge >= 0.3 is 12.1 Å². The molecule has 4 fully saturated rings. The summed E-state index contributed by atoms with van der Waals surface area (Å²) >= 11 is 1.47. The van der Waals surface area contributed by atoms with Crippen molar-refractivity contribution in [1.82, 2.24) is 0 Å². The van der Waals surface area contributed by atoms with Gasteiger partial charge in [-0.2, -0.15) is 33.7 Å². The van der Waals surface area contributed by atoms with E-state index in [4.69, 9.17) is 4.74 Å². The number of rotatable bonds is 13. The second-order valence-corrected chi connectivity index (χ2v) is 16.2. The van der Waals surface area contributed by atoms with E-state index in [1.165, 1.54) is 94.4 Å². The van der Waals surface area contributed by atoms with Crippen LogP contribution >= 0.6 is 11.8 Å². The fraction of sp³-hybridized carbons (Fsp3) is 0.889. The highest BCUT2D eigenvalue weighted by Crippen LogP contribution is 2.76. The molecule has 0 radical (unpaired) electrons. The van der Waals surface area contributed by atoms with Crippen molar-refractivity contribution in [3.63, 3.8) is 0 Å². The molecule has 6 atom stereocenters. The fourth-order valence-corrected chi connectivity index (χ4v) is 10.6. The van der Waals surface area contributed by atoms with E-state index < -0.39 is 18.5 Å². The number of alkyl halides is 5. The minimum absolute atomic E-state index is 0.0896. The van der Waals surface area contributed by atoms with Crippen LogP contribution in [0.1, 0.15) is 130 Å². The van der Waals surface area contributed by atoms with Crippen molar-refractivity contribution in [1.29, 1.82) is 0 Å². The lowest BCUT2D eigenvalue weighted by Crippen LogP contribution is -2.53. The fourth-order valence-electron chi connectivity index (χ4n) is 9.65. The highest BCUT2D eigenvalue weighted by molar-refractivity contribution is 7.99. The number of aliphatic hydroxyl groups is 1. The Bertz CT molecular complexity index is 1000. The lowest BCUT2D eigenvalue weighted by atomic mass is 9.46. The van der Waals surface area contributed by atoms with Crippen molar-refractivity contribution in [2.24, 2.45) is 34.0 Å². The average Bonchev–Trinajstić information content (AvgIpc) is 3.71. The summed E-state index contributed by atoms with van der Waals surface area (Å²) in [6, 6.07) is 0. The molecule has 2 nitrogen and oxygen atoms in total. The van der Waals surface area contributed by atoms with Gasteiger partial charge in [0.15, 0.2) is 0 Å². The van der Waals surface area contributed by atoms with Crippen LogP contribution in [-0.2, 0) is 4.74 Å². The van der Waals surface area contributed by atoms with Crippen molar-refractivity contribution in [3.8, 4) is 0 Å². The van der Waals surface area contributed by atoms with Gasteiger partial charge < -0.3 is 9.84 Å². The first-order valence-electron chi connectivity index (χ1n) is 17.4. The second kappa shape index (κ2) is 14.6. The molecule has 5 aliphatic rings. The van der Waals surface area contributed by atoms with E-state index in [-0.39, 0.29) is 17.9 Å². The van der Waals surface area contributed by atoms with E-state index in [0.29, 0.717) is 22.3 Å². The summed E-state index contributed by atoms with van der Waals surface area (Å²) in [4.78, 5) is 0. The Morgan fingerprint density at radius 1 is 0.886 bits per heavy atom. The molecule has 5 rings (SSSR count). The number of aliphatic hydroxyl groups excluding tert-OH is 1. The standard InChI is InChI=1S/C22H32O2.C14H25F5S/c1-20-7-4-14(23)12-18(20)19(24-3)13-15-16(20)5-8-21(2)17(15)6-9-22(21)10-11-22;1-2-3-4-5-6-7-8-11-20-12-9-10-13(15,16)14(17,18)19/h4,12,15-17,19,23H,5-11,13H2,1-3H3;2-12H2,1H3. The zero-order valence-corrected chi connectivity index (χ0v) is 28.4. The minimum Gasteiger partial charge on any atom is -0.508 e. The molecule has 0 aliphatic heterocycles. The lowest BCUT2D eigenvalue weighted by molar-refractivity contribution is -0.284. The number of hydrogen-bond acceptors (Lipinski definition) is 3. The molecule has 0 aromatic rings. The van der Waals surface area contributed by atoms with Gasteiger partial charge in [-0.25, -0.2) is 0 Å². The first-order chi connectivity index (χ1) is 20.7. The third-order valence-corrected chi connectivity index (χ3v) is 13.7. The number of allylic oxidation sites excluding steroid dienone is 2. The van der Waals surface area contributed by atoms with Crippen LogP contribution in [-0.4, -0.2) is 41.9 Å². The second-order valence-electron chi connectivity index (χ2n) is 15.0. The Labute approximate surface area is 267 Å². The molecule has 8 heteroatoms. The maximum atomic E-state index is 12.6. The number of hydrogen-bond donors (Lipinski definition) is 1. The van der Waals surface area contributed by atoms with Gasteiger partial charge in [0.05, 0.1) is 6.10 Å². The Morgan fingerprint density at radius 2 is 1.52 bits per heavy atom. The highest BCUT2D eigenvalue weighted by Gasteiger charge is 2.68. The molecule has 6 unspecified atom stereocenters. The predicted molar refractivity (Wildman–Crippen MR) is 171 cm³/mol. The van der Waals surface area contributed by atoms with Gasteiger partial charge in [0.1, 0.15) is 5.76 Å². The van der Waals surface area contributed by atoms with Gasteiger partial charge in [0.2, 0.25) is 0 Å². The third kappa shape index (κ3) is 7.52. The van der Waals surface area contributed by atoms with E-state index in [1.54, 1.807) is 0 Å². The van der Waals surface area contributed by atoms with Crippen molar-refractivity contribution in [2.45, 2.75) is 148 Å². The minimum atomic E-state index is -5.41. The van der Waals surface area contributed by atoms with Crippen LogP contribution < -0.4 is 0 Å². The summed E-state index contributed by atoms with van der Waals surface area (Å²) < 4.78 is 66.8. The van der Waals surface area contributed by atoms with Crippen molar-refractivity contribution >= 4 is 11.8 Å². The van der Waals surface area contributed by atoms with Gasteiger partial charge in [-0.3, -0.25) is 0 Å². The van der Waals surface area contributed by atoms with Gasteiger partial charge in [-0.05, 0) is 127 Å². The summed E-state index contributed by atoms with van der Waals surface area (Å²) in [6.07, 6.45) is 16.9. The van der Waals surface area contributed by atoms with Crippen LogP contribution in [0, 0.1) is 34.0 Å². The highest BCUT2D eigenvalue weighted by atomic mass is 32.2. The summed E-state index contributed by atoms with van der Waals surface area (Å²) in [5.41, 5.74) is 2.87. The van der Waals surface area contributed by atoms with E-state index in [0.717, 1.165) is 42.8 Å². The first-order valence-corrected chi connectivity index (χ1v) is 18.6.